The van der Waals surface area contributed by atoms with Gasteiger partial charge in [0.15, 0.2) is 5.82 Å². The summed E-state index contributed by atoms with van der Waals surface area (Å²) in [7, 11) is 1.89. The van der Waals surface area contributed by atoms with Gasteiger partial charge in [-0.15, -0.1) is 0 Å². The smallest absolute Gasteiger partial charge is 0.264 e. The number of hydrazine groups is 1. The fraction of sp³-hybridized carbons (Fsp3) is 0.636. The molecule has 238 valence electrons. The second-order valence-corrected chi connectivity index (χ2v) is 13.3. The first-order valence-electron chi connectivity index (χ1n) is 16.5. The van der Waals surface area contributed by atoms with Crippen LogP contribution in [0.4, 0.5) is 20.3 Å². The van der Waals surface area contributed by atoms with E-state index in [0.29, 0.717) is 31.2 Å². The number of alkyl halides is 2. The molecule has 0 spiro atoms. The Morgan fingerprint density at radius 3 is 2.57 bits per heavy atom. The SMILES string of the molecule is CC(=O)N1CCc2c(c(N3CCCc4cc(C5=CN(C)NC5)c(C(F)F)cc43)nn2C2CCC(CN3CCNCC3)CC2)C1. The van der Waals surface area contributed by atoms with E-state index in [1.165, 1.54) is 25.1 Å². The fourth-order valence-corrected chi connectivity index (χ4v) is 8.07. The highest BCUT2D eigenvalue weighted by Gasteiger charge is 2.35. The van der Waals surface area contributed by atoms with Crippen LogP contribution >= 0.6 is 0 Å². The average molecular weight is 609 g/mol. The van der Waals surface area contributed by atoms with Gasteiger partial charge >= 0.3 is 0 Å². The zero-order valence-electron chi connectivity index (χ0n) is 26.1. The molecule has 44 heavy (non-hydrogen) atoms. The number of nitrogens with one attached hydrogen (secondary N) is 2. The van der Waals surface area contributed by atoms with E-state index in [-0.39, 0.29) is 11.5 Å². The molecule has 11 heteroatoms. The summed E-state index contributed by atoms with van der Waals surface area (Å²) in [5, 5.41) is 10.6. The Labute approximate surface area is 259 Å². The maximum Gasteiger partial charge on any atom is 0.264 e. The lowest BCUT2D eigenvalue weighted by molar-refractivity contribution is -0.129. The van der Waals surface area contributed by atoms with Gasteiger partial charge in [-0.3, -0.25) is 9.48 Å². The Morgan fingerprint density at radius 1 is 1.07 bits per heavy atom. The van der Waals surface area contributed by atoms with Crippen LogP contribution in [0.15, 0.2) is 18.3 Å². The van der Waals surface area contributed by atoms with Crippen molar-refractivity contribution in [2.24, 2.45) is 5.92 Å². The number of piperazine rings is 1. The van der Waals surface area contributed by atoms with Crippen LogP contribution in [-0.4, -0.2) is 89.9 Å². The Morgan fingerprint density at radius 2 is 1.86 bits per heavy atom. The minimum atomic E-state index is -2.58. The minimum Gasteiger partial charge on any atom is -0.338 e. The second-order valence-electron chi connectivity index (χ2n) is 13.3. The van der Waals surface area contributed by atoms with E-state index in [9.17, 15) is 13.6 Å². The summed E-state index contributed by atoms with van der Waals surface area (Å²) < 4.78 is 31.4. The highest BCUT2D eigenvalue weighted by Crippen LogP contribution is 2.44. The maximum absolute atomic E-state index is 14.6. The number of amides is 1. The normalized spacial score (nSPS) is 24.5. The number of halogens is 2. The van der Waals surface area contributed by atoms with Gasteiger partial charge in [0, 0.05) is 101 Å². The van der Waals surface area contributed by atoms with Crippen LogP contribution in [0.25, 0.3) is 5.57 Å². The van der Waals surface area contributed by atoms with E-state index in [2.05, 4.69) is 25.2 Å². The quantitative estimate of drug-likeness (QED) is 0.509. The standard InChI is InChI=1S/C33H46F2N8O/c1-22(44)41-13-9-30-29(21-41)33(38-43(30)26-7-5-23(6-8-26)19-40-14-10-36-11-15-40)42-12-3-4-24-16-27(25-18-37-39(2)20-25)28(32(34)35)17-31(24)42/h16-17,20,23,26,32,36-37H,3-15,18-19,21H2,1-2H3. The summed E-state index contributed by atoms with van der Waals surface area (Å²) in [4.78, 5) is 19.2. The predicted molar refractivity (Wildman–Crippen MR) is 168 cm³/mol. The molecular formula is C33H46F2N8O. The molecule has 7 rings (SSSR count). The van der Waals surface area contributed by atoms with E-state index < -0.39 is 6.43 Å². The van der Waals surface area contributed by atoms with Crippen LogP contribution in [0.3, 0.4) is 0 Å². The molecule has 1 aromatic heterocycles. The van der Waals surface area contributed by atoms with Crippen molar-refractivity contribution < 1.29 is 13.6 Å². The lowest BCUT2D eigenvalue weighted by atomic mass is 9.85. The number of fused-ring (bicyclic) bond motifs is 2. The van der Waals surface area contributed by atoms with Crippen molar-refractivity contribution >= 4 is 23.0 Å². The molecule has 0 bridgehead atoms. The number of hydrogen-bond donors (Lipinski definition) is 2. The lowest BCUT2D eigenvalue weighted by Gasteiger charge is -2.35. The zero-order valence-corrected chi connectivity index (χ0v) is 26.1. The van der Waals surface area contributed by atoms with Gasteiger partial charge in [0.1, 0.15) is 0 Å². The van der Waals surface area contributed by atoms with Crippen LogP contribution in [-0.2, 0) is 24.2 Å². The lowest BCUT2D eigenvalue weighted by Crippen LogP contribution is -2.45. The number of aromatic nitrogens is 2. The first kappa shape index (κ1) is 29.7. The van der Waals surface area contributed by atoms with Gasteiger partial charge in [0.2, 0.25) is 5.91 Å². The molecule has 0 unspecified atom stereocenters. The number of benzene rings is 1. The van der Waals surface area contributed by atoms with E-state index in [1.807, 2.05) is 29.2 Å². The Hall–Kier alpha value is -3.02. The number of hydrogen-bond acceptors (Lipinski definition) is 7. The molecule has 5 heterocycles. The molecule has 1 amide bonds. The summed E-state index contributed by atoms with van der Waals surface area (Å²) in [6.45, 7) is 9.74. The summed E-state index contributed by atoms with van der Waals surface area (Å²) >= 11 is 0. The molecule has 1 saturated heterocycles. The van der Waals surface area contributed by atoms with E-state index in [4.69, 9.17) is 5.10 Å². The van der Waals surface area contributed by atoms with Crippen molar-refractivity contribution in [1.82, 2.24) is 35.3 Å². The topological polar surface area (TPSA) is 71.9 Å². The van der Waals surface area contributed by atoms with E-state index >= 15 is 0 Å². The van der Waals surface area contributed by atoms with Crippen molar-refractivity contribution in [3.05, 3.63) is 46.3 Å². The predicted octanol–water partition coefficient (Wildman–Crippen LogP) is 4.24. The van der Waals surface area contributed by atoms with Crippen LogP contribution in [0.5, 0.6) is 0 Å². The molecule has 0 atom stereocenters. The largest absolute Gasteiger partial charge is 0.338 e. The van der Waals surface area contributed by atoms with Gasteiger partial charge in [-0.25, -0.2) is 14.2 Å². The molecule has 2 aromatic rings. The molecule has 4 aliphatic heterocycles. The first-order valence-corrected chi connectivity index (χ1v) is 16.5. The maximum atomic E-state index is 14.6. The number of nitrogens with zero attached hydrogens (tertiary/aromatic N) is 6. The molecule has 1 aliphatic carbocycles. The summed E-state index contributed by atoms with van der Waals surface area (Å²) in [6.07, 6.45) is 6.48. The second kappa shape index (κ2) is 12.4. The highest BCUT2D eigenvalue weighted by molar-refractivity contribution is 5.78. The number of carbonyl (C=O) groups excluding carboxylic acids is 1. The Kier molecular flexibility index (Phi) is 8.37. The van der Waals surface area contributed by atoms with Crippen LogP contribution in [0.1, 0.15) is 79.4 Å². The summed E-state index contributed by atoms with van der Waals surface area (Å²) in [5.41, 5.74) is 9.01. The molecular weight excluding hydrogens is 562 g/mol. The van der Waals surface area contributed by atoms with Crippen molar-refractivity contribution in [3.63, 3.8) is 0 Å². The van der Waals surface area contributed by atoms with Gasteiger partial charge < -0.3 is 25.0 Å². The number of aryl methyl sites for hydroxylation is 1. The number of rotatable bonds is 6. The highest BCUT2D eigenvalue weighted by atomic mass is 19.3. The van der Waals surface area contributed by atoms with Gasteiger partial charge in [0.25, 0.3) is 6.43 Å². The van der Waals surface area contributed by atoms with Crippen molar-refractivity contribution in [2.45, 2.75) is 70.9 Å². The molecule has 0 radical (unpaired) electrons. The van der Waals surface area contributed by atoms with Crippen molar-refractivity contribution in [2.75, 3.05) is 64.3 Å². The van der Waals surface area contributed by atoms with Crippen LogP contribution < -0.4 is 15.6 Å². The van der Waals surface area contributed by atoms with E-state index in [0.717, 1.165) is 99.0 Å². The first-order chi connectivity index (χ1) is 21.4. The molecule has 2 N–H and O–H groups in total. The average Bonchev–Trinajstić information content (AvgIpc) is 3.64. The zero-order chi connectivity index (χ0) is 30.4. The van der Waals surface area contributed by atoms with Gasteiger partial charge in [-0.05, 0) is 73.3 Å². The number of anilines is 2. The number of carbonyl (C=O) groups is 1. The Bertz CT molecular complexity index is 1410. The van der Waals surface area contributed by atoms with Crippen molar-refractivity contribution in [3.8, 4) is 0 Å². The summed E-state index contributed by atoms with van der Waals surface area (Å²) in [5.74, 6) is 1.64. The third kappa shape index (κ3) is 5.74. The van der Waals surface area contributed by atoms with Gasteiger partial charge in [0.05, 0.1) is 12.6 Å². The molecule has 9 nitrogen and oxygen atoms in total. The fourth-order valence-electron chi connectivity index (χ4n) is 8.07. The van der Waals surface area contributed by atoms with E-state index in [1.54, 1.807) is 13.0 Å². The molecule has 2 fully saturated rings. The molecule has 5 aliphatic rings. The molecule has 1 aromatic carbocycles. The third-order valence-electron chi connectivity index (χ3n) is 10.5. The minimum absolute atomic E-state index is 0.0647. The van der Waals surface area contributed by atoms with Crippen molar-refractivity contribution in [1.29, 1.82) is 0 Å². The summed E-state index contributed by atoms with van der Waals surface area (Å²) in [6, 6.07) is 4.04. The molecule has 1 saturated carbocycles. The monoisotopic (exact) mass is 608 g/mol. The third-order valence-corrected chi connectivity index (χ3v) is 10.5. The van der Waals surface area contributed by atoms with Crippen LogP contribution in [0.2, 0.25) is 0 Å². The Balaban J connectivity index is 1.21. The van der Waals surface area contributed by atoms with Gasteiger partial charge in [-0.1, -0.05) is 0 Å². The van der Waals surface area contributed by atoms with Gasteiger partial charge in [-0.2, -0.15) is 5.10 Å². The van der Waals surface area contributed by atoms with Crippen LogP contribution in [0, 0.1) is 5.92 Å².